The van der Waals surface area contributed by atoms with E-state index in [0.29, 0.717) is 22.9 Å². The van der Waals surface area contributed by atoms with Crippen molar-refractivity contribution in [2.75, 3.05) is 18.0 Å². The number of aryl methyl sites for hydroxylation is 2. The van der Waals surface area contributed by atoms with Crippen LogP contribution in [0.1, 0.15) is 41.4 Å². The number of pyridine rings is 1. The summed E-state index contributed by atoms with van der Waals surface area (Å²) in [5.74, 6) is 1.32. The lowest BCUT2D eigenvalue weighted by Gasteiger charge is -2.34. The predicted octanol–water partition coefficient (Wildman–Crippen LogP) is 5.56. The van der Waals surface area contributed by atoms with E-state index in [0.717, 1.165) is 43.5 Å². The minimum Gasteiger partial charge on any atom is -0.355 e. The molecule has 0 N–H and O–H groups in total. The maximum absolute atomic E-state index is 12.8. The first-order chi connectivity index (χ1) is 14.3. The van der Waals surface area contributed by atoms with Crippen LogP contribution in [0.3, 0.4) is 0 Å². The molecular formula is C23H23F3N4. The predicted molar refractivity (Wildman–Crippen MR) is 110 cm³/mol. The number of piperidine rings is 1. The largest absolute Gasteiger partial charge is 0.433 e. The molecule has 0 amide bonds. The quantitative estimate of drug-likeness (QED) is 0.565. The first-order valence-corrected chi connectivity index (χ1v) is 10.0. The molecule has 7 heteroatoms. The van der Waals surface area contributed by atoms with Crippen molar-refractivity contribution in [3.05, 3.63) is 71.3 Å². The average molecular weight is 412 g/mol. The summed E-state index contributed by atoms with van der Waals surface area (Å²) >= 11 is 0. The van der Waals surface area contributed by atoms with Gasteiger partial charge in [0.15, 0.2) is 5.82 Å². The highest BCUT2D eigenvalue weighted by Gasteiger charge is 2.32. The van der Waals surface area contributed by atoms with Crippen LogP contribution in [0.2, 0.25) is 0 Å². The minimum absolute atomic E-state index is 0.528. The highest BCUT2D eigenvalue weighted by Crippen LogP contribution is 2.33. The Morgan fingerprint density at radius 1 is 0.900 bits per heavy atom. The zero-order valence-electron chi connectivity index (χ0n) is 16.9. The fourth-order valence-corrected chi connectivity index (χ4v) is 4.05. The van der Waals surface area contributed by atoms with Gasteiger partial charge in [-0.15, -0.1) is 0 Å². The normalized spacial score (nSPS) is 15.4. The van der Waals surface area contributed by atoms with E-state index < -0.39 is 11.9 Å². The minimum atomic E-state index is -4.46. The lowest BCUT2D eigenvalue weighted by Crippen LogP contribution is -2.34. The zero-order chi connectivity index (χ0) is 21.3. The Balaban J connectivity index is 1.57. The first kappa shape index (κ1) is 20.3. The van der Waals surface area contributed by atoms with Crippen LogP contribution in [0, 0.1) is 13.8 Å². The van der Waals surface area contributed by atoms with Crippen molar-refractivity contribution in [1.82, 2.24) is 15.0 Å². The van der Waals surface area contributed by atoms with Crippen molar-refractivity contribution < 1.29 is 13.2 Å². The van der Waals surface area contributed by atoms with E-state index in [1.165, 1.54) is 17.8 Å². The fourth-order valence-electron chi connectivity index (χ4n) is 4.05. The number of rotatable bonds is 3. The van der Waals surface area contributed by atoms with Crippen LogP contribution in [-0.2, 0) is 6.18 Å². The van der Waals surface area contributed by atoms with Gasteiger partial charge in [0.05, 0.1) is 17.1 Å². The molecule has 4 nitrogen and oxygen atoms in total. The maximum Gasteiger partial charge on any atom is 0.433 e. The molecule has 0 spiro atoms. The molecule has 1 aromatic carbocycles. The molecule has 0 aliphatic carbocycles. The molecule has 3 aromatic rings. The number of anilines is 1. The molecule has 1 aliphatic heterocycles. The van der Waals surface area contributed by atoms with E-state index in [2.05, 4.69) is 39.1 Å². The summed E-state index contributed by atoms with van der Waals surface area (Å²) in [6, 6.07) is 12.9. The van der Waals surface area contributed by atoms with Crippen LogP contribution in [0.25, 0.3) is 11.3 Å². The highest BCUT2D eigenvalue weighted by atomic mass is 19.4. The van der Waals surface area contributed by atoms with Crippen molar-refractivity contribution in [1.29, 1.82) is 0 Å². The molecule has 0 radical (unpaired) electrons. The Hall–Kier alpha value is -2.96. The van der Waals surface area contributed by atoms with E-state index in [4.69, 9.17) is 4.98 Å². The third-order valence-electron chi connectivity index (χ3n) is 5.61. The Bertz CT molecular complexity index is 1010. The van der Waals surface area contributed by atoms with Crippen molar-refractivity contribution in [2.45, 2.75) is 38.8 Å². The SMILES string of the molecule is Cc1nc(C)c(N2CCC(c3ccccc3)CC2)nc1-c1ccc(C(F)(F)F)nc1. The third kappa shape index (κ3) is 4.15. The van der Waals surface area contributed by atoms with E-state index in [9.17, 15) is 13.2 Å². The second-order valence-corrected chi connectivity index (χ2v) is 7.67. The number of hydrogen-bond donors (Lipinski definition) is 0. The first-order valence-electron chi connectivity index (χ1n) is 10.0. The van der Waals surface area contributed by atoms with Gasteiger partial charge >= 0.3 is 6.18 Å². The van der Waals surface area contributed by atoms with E-state index in [1.54, 1.807) is 0 Å². The van der Waals surface area contributed by atoms with Crippen LogP contribution >= 0.6 is 0 Å². The number of benzene rings is 1. The van der Waals surface area contributed by atoms with E-state index in [-0.39, 0.29) is 0 Å². The Kier molecular flexibility index (Phi) is 5.45. The highest BCUT2D eigenvalue weighted by molar-refractivity contribution is 5.64. The number of alkyl halides is 3. The number of hydrogen-bond acceptors (Lipinski definition) is 4. The smallest absolute Gasteiger partial charge is 0.355 e. The van der Waals surface area contributed by atoms with Gasteiger partial charge in [-0.25, -0.2) is 4.98 Å². The average Bonchev–Trinajstić information content (AvgIpc) is 2.74. The summed E-state index contributed by atoms with van der Waals surface area (Å²) in [4.78, 5) is 15.2. The second-order valence-electron chi connectivity index (χ2n) is 7.67. The third-order valence-corrected chi connectivity index (χ3v) is 5.61. The molecule has 1 saturated heterocycles. The van der Waals surface area contributed by atoms with Gasteiger partial charge in [-0.05, 0) is 50.3 Å². The number of aromatic nitrogens is 3. The van der Waals surface area contributed by atoms with Gasteiger partial charge in [-0.1, -0.05) is 30.3 Å². The van der Waals surface area contributed by atoms with E-state index >= 15 is 0 Å². The molecule has 1 aliphatic rings. The molecule has 0 unspecified atom stereocenters. The lowest BCUT2D eigenvalue weighted by molar-refractivity contribution is -0.141. The molecule has 2 aromatic heterocycles. The summed E-state index contributed by atoms with van der Waals surface area (Å²) in [6.07, 6.45) is -1.19. The van der Waals surface area contributed by atoms with Crippen molar-refractivity contribution >= 4 is 5.82 Å². The molecule has 156 valence electrons. The molecule has 3 heterocycles. The molecule has 4 rings (SSSR count). The molecule has 0 saturated carbocycles. The molecule has 0 atom stereocenters. The van der Waals surface area contributed by atoms with Gasteiger partial charge in [0.1, 0.15) is 5.69 Å². The number of halogens is 3. The fraction of sp³-hybridized carbons (Fsp3) is 0.348. The van der Waals surface area contributed by atoms with Gasteiger partial charge in [0.2, 0.25) is 0 Å². The standard InChI is InChI=1S/C23H23F3N4/c1-15-21(19-8-9-20(27-14-19)23(24,25)26)29-22(16(2)28-15)30-12-10-18(11-13-30)17-6-4-3-5-7-17/h3-9,14,18H,10-13H2,1-2H3. The topological polar surface area (TPSA) is 41.9 Å². The Morgan fingerprint density at radius 2 is 1.60 bits per heavy atom. The zero-order valence-corrected chi connectivity index (χ0v) is 16.9. The second kappa shape index (κ2) is 8.05. The maximum atomic E-state index is 12.8. The van der Waals surface area contributed by atoms with E-state index in [1.807, 2.05) is 19.9 Å². The van der Waals surface area contributed by atoms with Crippen LogP contribution in [0.4, 0.5) is 19.0 Å². The van der Waals surface area contributed by atoms with Gasteiger partial charge in [0, 0.05) is 24.8 Å². The summed E-state index contributed by atoms with van der Waals surface area (Å²) in [5.41, 5.74) is 3.06. The van der Waals surface area contributed by atoms with Crippen molar-refractivity contribution in [3.8, 4) is 11.3 Å². The van der Waals surface area contributed by atoms with Crippen LogP contribution in [-0.4, -0.2) is 28.0 Å². The number of nitrogens with zero attached hydrogens (tertiary/aromatic N) is 4. The van der Waals surface area contributed by atoms with Crippen LogP contribution < -0.4 is 4.90 Å². The van der Waals surface area contributed by atoms with Crippen molar-refractivity contribution in [2.24, 2.45) is 0 Å². The summed E-state index contributed by atoms with van der Waals surface area (Å²) in [6.45, 7) is 5.47. The molecule has 30 heavy (non-hydrogen) atoms. The Morgan fingerprint density at radius 3 is 2.20 bits per heavy atom. The Labute approximate surface area is 173 Å². The van der Waals surface area contributed by atoms with Crippen LogP contribution in [0.5, 0.6) is 0 Å². The summed E-state index contributed by atoms with van der Waals surface area (Å²) in [5, 5.41) is 0. The van der Waals surface area contributed by atoms with Crippen molar-refractivity contribution in [3.63, 3.8) is 0 Å². The molecule has 1 fully saturated rings. The van der Waals surface area contributed by atoms with Gasteiger partial charge in [-0.2, -0.15) is 13.2 Å². The summed E-state index contributed by atoms with van der Waals surface area (Å²) in [7, 11) is 0. The van der Waals surface area contributed by atoms with Gasteiger partial charge < -0.3 is 4.90 Å². The lowest BCUT2D eigenvalue weighted by atomic mass is 9.89. The molecule has 0 bridgehead atoms. The van der Waals surface area contributed by atoms with Gasteiger partial charge in [-0.3, -0.25) is 9.97 Å². The summed E-state index contributed by atoms with van der Waals surface area (Å²) < 4.78 is 38.5. The van der Waals surface area contributed by atoms with Crippen LogP contribution in [0.15, 0.2) is 48.7 Å². The monoisotopic (exact) mass is 412 g/mol. The van der Waals surface area contributed by atoms with Gasteiger partial charge in [0.25, 0.3) is 0 Å². The molecular weight excluding hydrogens is 389 g/mol.